The Balaban J connectivity index is 0.00000162. The van der Waals surface area contributed by atoms with Crippen molar-refractivity contribution in [3.8, 4) is 0 Å². The third kappa shape index (κ3) is 5.10. The van der Waals surface area contributed by atoms with Crippen LogP contribution in [-0.4, -0.2) is 61.5 Å². The second-order valence-corrected chi connectivity index (χ2v) is 5.44. The van der Waals surface area contributed by atoms with E-state index in [4.69, 9.17) is 0 Å². The predicted molar refractivity (Wildman–Crippen MR) is 83.4 cm³/mol. The van der Waals surface area contributed by atoms with Gasteiger partial charge in [0.1, 0.15) is 0 Å². The Bertz CT molecular complexity index is 273. The average molecular weight is 312 g/mol. The molecule has 0 bridgehead atoms. The van der Waals surface area contributed by atoms with Crippen LogP contribution in [0.4, 0.5) is 0 Å². The van der Waals surface area contributed by atoms with Gasteiger partial charge in [0, 0.05) is 19.6 Å². The molecule has 0 spiro atoms. The van der Waals surface area contributed by atoms with Crippen LogP contribution in [0.25, 0.3) is 0 Å². The zero-order valence-electron chi connectivity index (χ0n) is 11.9. The second kappa shape index (κ2) is 9.01. The third-order valence-electron chi connectivity index (χ3n) is 4.07. The van der Waals surface area contributed by atoms with Gasteiger partial charge in [-0.05, 0) is 45.3 Å². The highest BCUT2D eigenvalue weighted by molar-refractivity contribution is 5.85. The molecule has 19 heavy (non-hydrogen) atoms. The lowest BCUT2D eigenvalue weighted by Gasteiger charge is -2.22. The minimum Gasteiger partial charge on any atom is -0.341 e. The van der Waals surface area contributed by atoms with Crippen molar-refractivity contribution in [2.24, 2.45) is 5.92 Å². The summed E-state index contributed by atoms with van der Waals surface area (Å²) in [6, 6.07) is 0.109. The molecule has 0 radical (unpaired) electrons. The van der Waals surface area contributed by atoms with Crippen LogP contribution in [0.15, 0.2) is 0 Å². The first-order valence-corrected chi connectivity index (χ1v) is 6.91. The van der Waals surface area contributed by atoms with Crippen molar-refractivity contribution in [1.82, 2.24) is 15.1 Å². The van der Waals surface area contributed by atoms with Gasteiger partial charge in [-0.15, -0.1) is 24.8 Å². The molecular formula is C13H27Cl2N3O. The number of carbonyl (C=O) groups excluding carboxylic acids is 1. The molecule has 4 nitrogen and oxygen atoms in total. The van der Waals surface area contributed by atoms with Gasteiger partial charge in [-0.3, -0.25) is 4.79 Å². The monoisotopic (exact) mass is 311 g/mol. The second-order valence-electron chi connectivity index (χ2n) is 5.44. The molecule has 6 heteroatoms. The fraction of sp³-hybridized carbons (Fsp3) is 0.923. The molecule has 2 unspecified atom stereocenters. The maximum absolute atomic E-state index is 12.2. The van der Waals surface area contributed by atoms with Gasteiger partial charge in [-0.25, -0.2) is 0 Å². The molecule has 114 valence electrons. The summed E-state index contributed by atoms with van der Waals surface area (Å²) in [6.45, 7) is 7.32. The SMILES string of the molecule is CCN(C)CC1CCN(C(=O)C2CCCN2)C1.Cl.Cl. The summed E-state index contributed by atoms with van der Waals surface area (Å²) in [5, 5.41) is 3.30. The molecule has 2 rings (SSSR count). The summed E-state index contributed by atoms with van der Waals surface area (Å²) in [7, 11) is 2.16. The summed E-state index contributed by atoms with van der Waals surface area (Å²) in [4.78, 5) is 16.6. The standard InChI is InChI=1S/C13H25N3O.2ClH/c1-3-15(2)9-11-6-8-16(10-11)13(17)12-5-4-7-14-12;;/h11-12,14H,3-10H2,1-2H3;2*1H. The molecule has 2 fully saturated rings. The van der Waals surface area contributed by atoms with E-state index >= 15 is 0 Å². The van der Waals surface area contributed by atoms with Crippen molar-refractivity contribution in [2.75, 3.05) is 39.8 Å². The van der Waals surface area contributed by atoms with Crippen LogP contribution in [0.2, 0.25) is 0 Å². The van der Waals surface area contributed by atoms with Gasteiger partial charge in [0.2, 0.25) is 5.91 Å². The van der Waals surface area contributed by atoms with E-state index in [2.05, 4.69) is 29.1 Å². The molecule has 2 aliphatic heterocycles. The molecule has 1 N–H and O–H groups in total. The van der Waals surface area contributed by atoms with E-state index in [9.17, 15) is 4.79 Å². The van der Waals surface area contributed by atoms with Crippen LogP contribution >= 0.6 is 24.8 Å². The molecule has 0 saturated carbocycles. The maximum Gasteiger partial charge on any atom is 0.239 e. The van der Waals surface area contributed by atoms with Gasteiger partial charge >= 0.3 is 0 Å². The Labute approximate surface area is 129 Å². The molecular weight excluding hydrogens is 285 g/mol. The topological polar surface area (TPSA) is 35.6 Å². The zero-order valence-corrected chi connectivity index (χ0v) is 13.6. The number of halogens is 2. The van der Waals surface area contributed by atoms with Gasteiger partial charge in [0.05, 0.1) is 6.04 Å². The highest BCUT2D eigenvalue weighted by Crippen LogP contribution is 2.19. The summed E-state index contributed by atoms with van der Waals surface area (Å²) in [5.41, 5.74) is 0. The summed E-state index contributed by atoms with van der Waals surface area (Å²) < 4.78 is 0. The average Bonchev–Trinajstić information content (AvgIpc) is 2.98. The molecule has 2 aliphatic rings. The van der Waals surface area contributed by atoms with Crippen molar-refractivity contribution in [3.05, 3.63) is 0 Å². The molecule has 0 aromatic heterocycles. The Morgan fingerprint density at radius 3 is 2.68 bits per heavy atom. The molecule has 0 aliphatic carbocycles. The van der Waals surface area contributed by atoms with Crippen molar-refractivity contribution < 1.29 is 4.79 Å². The van der Waals surface area contributed by atoms with E-state index < -0.39 is 0 Å². The smallest absolute Gasteiger partial charge is 0.239 e. The van der Waals surface area contributed by atoms with E-state index in [0.29, 0.717) is 11.8 Å². The van der Waals surface area contributed by atoms with Gasteiger partial charge < -0.3 is 15.1 Å². The molecule has 2 heterocycles. The summed E-state index contributed by atoms with van der Waals surface area (Å²) in [6.07, 6.45) is 3.34. The van der Waals surface area contributed by atoms with Crippen molar-refractivity contribution in [3.63, 3.8) is 0 Å². The Morgan fingerprint density at radius 2 is 2.11 bits per heavy atom. The number of amides is 1. The first-order chi connectivity index (χ1) is 8.20. The summed E-state index contributed by atoms with van der Waals surface area (Å²) >= 11 is 0. The normalized spacial score (nSPS) is 26.2. The van der Waals surface area contributed by atoms with E-state index in [1.807, 2.05) is 0 Å². The molecule has 0 aromatic rings. The van der Waals surface area contributed by atoms with Crippen LogP contribution in [0.1, 0.15) is 26.2 Å². The lowest BCUT2D eigenvalue weighted by Crippen LogP contribution is -2.42. The molecule has 2 saturated heterocycles. The zero-order chi connectivity index (χ0) is 12.3. The molecule has 2 atom stereocenters. The number of likely N-dealkylation sites (tertiary alicyclic amines) is 1. The third-order valence-corrected chi connectivity index (χ3v) is 4.07. The van der Waals surface area contributed by atoms with Crippen molar-refractivity contribution >= 4 is 30.7 Å². The largest absolute Gasteiger partial charge is 0.341 e. The summed E-state index contributed by atoms with van der Waals surface area (Å²) in [5.74, 6) is 1.01. The number of nitrogens with zero attached hydrogens (tertiary/aromatic N) is 2. The highest BCUT2D eigenvalue weighted by atomic mass is 35.5. The first-order valence-electron chi connectivity index (χ1n) is 6.91. The number of hydrogen-bond acceptors (Lipinski definition) is 3. The van der Waals surface area contributed by atoms with Gasteiger partial charge in [-0.1, -0.05) is 6.92 Å². The fourth-order valence-corrected chi connectivity index (χ4v) is 2.87. The molecule has 1 amide bonds. The Hall–Kier alpha value is -0.0300. The van der Waals surface area contributed by atoms with E-state index in [1.165, 1.54) is 6.42 Å². The lowest BCUT2D eigenvalue weighted by molar-refractivity contribution is -0.132. The highest BCUT2D eigenvalue weighted by Gasteiger charge is 2.32. The van der Waals surface area contributed by atoms with Gasteiger partial charge in [0.15, 0.2) is 0 Å². The number of rotatable bonds is 4. The quantitative estimate of drug-likeness (QED) is 0.852. The fourth-order valence-electron chi connectivity index (χ4n) is 2.87. The van der Waals surface area contributed by atoms with E-state index in [1.54, 1.807) is 0 Å². The minimum absolute atomic E-state index is 0. The van der Waals surface area contributed by atoms with E-state index in [-0.39, 0.29) is 30.9 Å². The van der Waals surface area contributed by atoms with E-state index in [0.717, 1.165) is 45.6 Å². The van der Waals surface area contributed by atoms with Crippen LogP contribution < -0.4 is 5.32 Å². The van der Waals surface area contributed by atoms with Crippen LogP contribution in [0, 0.1) is 5.92 Å². The van der Waals surface area contributed by atoms with Gasteiger partial charge in [-0.2, -0.15) is 0 Å². The maximum atomic E-state index is 12.2. The van der Waals surface area contributed by atoms with Crippen LogP contribution in [-0.2, 0) is 4.79 Å². The number of carbonyl (C=O) groups is 1. The van der Waals surface area contributed by atoms with Gasteiger partial charge in [0.25, 0.3) is 0 Å². The van der Waals surface area contributed by atoms with Crippen LogP contribution in [0.3, 0.4) is 0 Å². The minimum atomic E-state index is 0. The number of hydrogen-bond donors (Lipinski definition) is 1. The Kier molecular flexibility index (Phi) is 8.99. The predicted octanol–water partition coefficient (Wildman–Crippen LogP) is 1.38. The van der Waals surface area contributed by atoms with Crippen LogP contribution in [0.5, 0.6) is 0 Å². The first kappa shape index (κ1) is 19.0. The van der Waals surface area contributed by atoms with Crippen molar-refractivity contribution in [2.45, 2.75) is 32.2 Å². The Morgan fingerprint density at radius 1 is 1.37 bits per heavy atom. The molecule has 0 aromatic carbocycles. The number of nitrogens with one attached hydrogen (secondary N) is 1. The lowest BCUT2D eigenvalue weighted by atomic mass is 10.1. The van der Waals surface area contributed by atoms with Crippen molar-refractivity contribution in [1.29, 1.82) is 0 Å².